The molecule has 0 aliphatic rings. The number of nitriles is 1. The first kappa shape index (κ1) is 16.3. The van der Waals surface area contributed by atoms with E-state index in [0.29, 0.717) is 25.7 Å². The number of unbranched alkanes of at least 4 members (excludes halogenated alkanes) is 1. The van der Waals surface area contributed by atoms with E-state index in [4.69, 9.17) is 14.7 Å². The number of nitrogens with zero attached hydrogens (tertiary/aromatic N) is 1. The van der Waals surface area contributed by atoms with Gasteiger partial charge in [-0.15, -0.1) is 0 Å². The smallest absolute Gasteiger partial charge is 0.161 e. The predicted molar refractivity (Wildman–Crippen MR) is 79.9 cm³/mol. The van der Waals surface area contributed by atoms with Gasteiger partial charge in [0.1, 0.15) is 0 Å². The van der Waals surface area contributed by atoms with Gasteiger partial charge in [0, 0.05) is 19.0 Å². The van der Waals surface area contributed by atoms with Gasteiger partial charge in [0.2, 0.25) is 0 Å². The van der Waals surface area contributed by atoms with Gasteiger partial charge in [0.25, 0.3) is 0 Å². The molecule has 4 nitrogen and oxygen atoms in total. The number of nitrogens with one attached hydrogen (secondary N) is 1. The van der Waals surface area contributed by atoms with Gasteiger partial charge in [-0.2, -0.15) is 5.26 Å². The van der Waals surface area contributed by atoms with E-state index in [1.165, 1.54) is 5.56 Å². The third-order valence-electron chi connectivity index (χ3n) is 2.71. The van der Waals surface area contributed by atoms with Gasteiger partial charge < -0.3 is 14.8 Å². The monoisotopic (exact) mass is 276 g/mol. The molecule has 0 aliphatic heterocycles. The Labute approximate surface area is 121 Å². The zero-order chi connectivity index (χ0) is 14.8. The zero-order valence-electron chi connectivity index (χ0n) is 12.6. The second-order valence-corrected chi connectivity index (χ2v) is 4.86. The summed E-state index contributed by atoms with van der Waals surface area (Å²) in [5.74, 6) is 1.52. The fourth-order valence-electron chi connectivity index (χ4n) is 1.71. The van der Waals surface area contributed by atoms with E-state index in [1.54, 1.807) is 0 Å². The molecule has 0 atom stereocenters. The second-order valence-electron chi connectivity index (χ2n) is 4.86. The Hall–Kier alpha value is -1.73. The molecular weight excluding hydrogens is 252 g/mol. The summed E-state index contributed by atoms with van der Waals surface area (Å²) in [5, 5.41) is 11.9. The van der Waals surface area contributed by atoms with Crippen molar-refractivity contribution in [2.24, 2.45) is 0 Å². The first-order valence-electron chi connectivity index (χ1n) is 7.16. The highest BCUT2D eigenvalue weighted by atomic mass is 16.5. The minimum absolute atomic E-state index is 0.451. The number of ether oxygens (including phenoxy) is 2. The lowest BCUT2D eigenvalue weighted by Crippen LogP contribution is -2.21. The second kappa shape index (κ2) is 9.22. The van der Waals surface area contributed by atoms with Crippen molar-refractivity contribution in [2.75, 3.05) is 13.2 Å². The third kappa shape index (κ3) is 5.94. The maximum absolute atomic E-state index is 8.51. The molecule has 0 spiro atoms. The van der Waals surface area contributed by atoms with Gasteiger partial charge in [0.05, 0.1) is 19.3 Å². The Morgan fingerprint density at radius 2 is 2.05 bits per heavy atom. The van der Waals surface area contributed by atoms with Gasteiger partial charge in [-0.05, 0) is 31.0 Å². The van der Waals surface area contributed by atoms with E-state index in [2.05, 4.69) is 25.2 Å². The van der Waals surface area contributed by atoms with Gasteiger partial charge in [-0.25, -0.2) is 0 Å². The molecule has 1 aromatic carbocycles. The highest BCUT2D eigenvalue weighted by Gasteiger charge is 2.07. The summed E-state index contributed by atoms with van der Waals surface area (Å²) in [6.07, 6.45) is 1.25. The largest absolute Gasteiger partial charge is 0.490 e. The van der Waals surface area contributed by atoms with Crippen LogP contribution in [0.1, 0.15) is 39.2 Å². The summed E-state index contributed by atoms with van der Waals surface area (Å²) in [6.45, 7) is 8.16. The maximum Gasteiger partial charge on any atom is 0.161 e. The molecule has 0 saturated heterocycles. The van der Waals surface area contributed by atoms with Crippen LogP contribution < -0.4 is 14.8 Å². The fourth-order valence-corrected chi connectivity index (χ4v) is 1.71. The topological polar surface area (TPSA) is 54.3 Å². The van der Waals surface area contributed by atoms with Crippen molar-refractivity contribution >= 4 is 0 Å². The molecule has 20 heavy (non-hydrogen) atoms. The molecule has 0 amide bonds. The molecule has 4 heteroatoms. The fraction of sp³-hybridized carbons (Fsp3) is 0.562. The van der Waals surface area contributed by atoms with Gasteiger partial charge in [-0.3, -0.25) is 0 Å². The van der Waals surface area contributed by atoms with Crippen molar-refractivity contribution in [3.8, 4) is 17.6 Å². The van der Waals surface area contributed by atoms with Crippen LogP contribution in [0.4, 0.5) is 0 Å². The normalized spacial score (nSPS) is 10.3. The number of benzene rings is 1. The Bertz CT molecular complexity index is 439. The predicted octanol–water partition coefficient (Wildman–Crippen LogP) is 3.27. The molecule has 0 unspecified atom stereocenters. The first-order chi connectivity index (χ1) is 9.67. The Morgan fingerprint density at radius 3 is 2.70 bits per heavy atom. The molecule has 0 saturated carbocycles. The molecule has 1 rings (SSSR count). The molecule has 0 heterocycles. The molecule has 0 aliphatic carbocycles. The zero-order valence-corrected chi connectivity index (χ0v) is 12.6. The standard InChI is InChI=1S/C16H24N2O2/c1-4-19-16-11-14(12-18-13(2)3)7-8-15(16)20-10-6-5-9-17/h7-8,11,13,18H,4-6,10,12H2,1-3H3. The van der Waals surface area contributed by atoms with E-state index < -0.39 is 0 Å². The Morgan fingerprint density at radius 1 is 1.25 bits per heavy atom. The van der Waals surface area contributed by atoms with E-state index in [0.717, 1.165) is 24.5 Å². The molecule has 0 radical (unpaired) electrons. The van der Waals surface area contributed by atoms with Crippen LogP contribution in [0.3, 0.4) is 0 Å². The van der Waals surface area contributed by atoms with Crippen LogP contribution in [-0.4, -0.2) is 19.3 Å². The number of hydrogen-bond donors (Lipinski definition) is 1. The summed E-state index contributed by atoms with van der Waals surface area (Å²) >= 11 is 0. The summed E-state index contributed by atoms with van der Waals surface area (Å²) in [4.78, 5) is 0. The number of hydrogen-bond acceptors (Lipinski definition) is 4. The quantitative estimate of drug-likeness (QED) is 0.703. The maximum atomic E-state index is 8.51. The van der Waals surface area contributed by atoms with Crippen LogP contribution >= 0.6 is 0 Å². The molecule has 0 fully saturated rings. The molecule has 110 valence electrons. The van der Waals surface area contributed by atoms with E-state index in [9.17, 15) is 0 Å². The average molecular weight is 276 g/mol. The van der Waals surface area contributed by atoms with Crippen LogP contribution in [0.25, 0.3) is 0 Å². The van der Waals surface area contributed by atoms with Crippen molar-refractivity contribution in [3.05, 3.63) is 23.8 Å². The van der Waals surface area contributed by atoms with E-state index in [1.807, 2.05) is 25.1 Å². The Balaban J connectivity index is 2.66. The van der Waals surface area contributed by atoms with Crippen molar-refractivity contribution in [1.82, 2.24) is 5.32 Å². The first-order valence-corrected chi connectivity index (χ1v) is 7.16. The summed E-state index contributed by atoms with van der Waals surface area (Å²) in [6, 6.07) is 8.55. The van der Waals surface area contributed by atoms with E-state index >= 15 is 0 Å². The van der Waals surface area contributed by atoms with Crippen LogP contribution in [0.5, 0.6) is 11.5 Å². The lowest BCUT2D eigenvalue weighted by molar-refractivity contribution is 0.274. The molecule has 1 aromatic rings. The summed E-state index contributed by atoms with van der Waals surface area (Å²) < 4.78 is 11.3. The molecule has 0 aromatic heterocycles. The minimum Gasteiger partial charge on any atom is -0.490 e. The SMILES string of the molecule is CCOc1cc(CNC(C)C)ccc1OCCCC#N. The third-order valence-corrected chi connectivity index (χ3v) is 2.71. The van der Waals surface area contributed by atoms with Crippen molar-refractivity contribution < 1.29 is 9.47 Å². The summed E-state index contributed by atoms with van der Waals surface area (Å²) in [5.41, 5.74) is 1.17. The highest BCUT2D eigenvalue weighted by Crippen LogP contribution is 2.28. The highest BCUT2D eigenvalue weighted by molar-refractivity contribution is 5.43. The average Bonchev–Trinajstić information content (AvgIpc) is 2.43. The number of rotatable bonds is 9. The molecule has 0 bridgehead atoms. The van der Waals surface area contributed by atoms with Crippen LogP contribution in [0, 0.1) is 11.3 Å². The Kier molecular flexibility index (Phi) is 7.52. The van der Waals surface area contributed by atoms with Crippen LogP contribution in [0.2, 0.25) is 0 Å². The van der Waals surface area contributed by atoms with Gasteiger partial charge in [-0.1, -0.05) is 19.9 Å². The van der Waals surface area contributed by atoms with Crippen molar-refractivity contribution in [2.45, 2.75) is 46.2 Å². The minimum atomic E-state index is 0.451. The van der Waals surface area contributed by atoms with Gasteiger partial charge in [0.15, 0.2) is 11.5 Å². The summed E-state index contributed by atoms with van der Waals surface area (Å²) in [7, 11) is 0. The van der Waals surface area contributed by atoms with Crippen molar-refractivity contribution in [3.63, 3.8) is 0 Å². The molecule has 1 N–H and O–H groups in total. The van der Waals surface area contributed by atoms with E-state index in [-0.39, 0.29) is 0 Å². The van der Waals surface area contributed by atoms with Crippen LogP contribution in [-0.2, 0) is 6.54 Å². The lowest BCUT2D eigenvalue weighted by Gasteiger charge is -2.14. The van der Waals surface area contributed by atoms with Crippen LogP contribution in [0.15, 0.2) is 18.2 Å². The van der Waals surface area contributed by atoms with Gasteiger partial charge >= 0.3 is 0 Å². The molecular formula is C16H24N2O2. The lowest BCUT2D eigenvalue weighted by atomic mass is 10.2. The van der Waals surface area contributed by atoms with Crippen molar-refractivity contribution in [1.29, 1.82) is 5.26 Å².